The molecule has 0 fully saturated rings. The van der Waals surface area contributed by atoms with Gasteiger partial charge in [0, 0.05) is 4.47 Å². The van der Waals surface area contributed by atoms with E-state index in [4.69, 9.17) is 0 Å². The average molecular weight is 365 g/mol. The SMILES string of the molecule is Cc1nnc(Nc2cc(Br)cc(Br)c2O)s1. The van der Waals surface area contributed by atoms with E-state index in [0.717, 1.165) is 9.48 Å². The number of nitrogens with zero attached hydrogens (tertiary/aromatic N) is 2. The van der Waals surface area contributed by atoms with Crippen LogP contribution in [0, 0.1) is 6.92 Å². The van der Waals surface area contributed by atoms with Gasteiger partial charge in [-0.2, -0.15) is 0 Å². The number of halogens is 2. The molecule has 16 heavy (non-hydrogen) atoms. The zero-order valence-electron chi connectivity index (χ0n) is 8.16. The van der Waals surface area contributed by atoms with Crippen LogP contribution in [0.3, 0.4) is 0 Å². The minimum absolute atomic E-state index is 0.149. The molecule has 1 heterocycles. The zero-order valence-corrected chi connectivity index (χ0v) is 12.1. The molecule has 0 amide bonds. The van der Waals surface area contributed by atoms with Gasteiger partial charge in [-0.1, -0.05) is 27.3 Å². The molecular weight excluding hydrogens is 358 g/mol. The number of hydrogen-bond donors (Lipinski definition) is 2. The van der Waals surface area contributed by atoms with E-state index in [1.54, 1.807) is 12.1 Å². The smallest absolute Gasteiger partial charge is 0.210 e. The molecule has 0 aliphatic rings. The van der Waals surface area contributed by atoms with E-state index >= 15 is 0 Å². The maximum absolute atomic E-state index is 9.82. The lowest BCUT2D eigenvalue weighted by atomic mass is 10.3. The monoisotopic (exact) mass is 363 g/mol. The van der Waals surface area contributed by atoms with Crippen molar-refractivity contribution in [1.82, 2.24) is 10.2 Å². The van der Waals surface area contributed by atoms with Crippen molar-refractivity contribution in [3.63, 3.8) is 0 Å². The summed E-state index contributed by atoms with van der Waals surface area (Å²) >= 11 is 8.04. The molecule has 0 bridgehead atoms. The van der Waals surface area contributed by atoms with Gasteiger partial charge >= 0.3 is 0 Å². The summed E-state index contributed by atoms with van der Waals surface area (Å²) in [4.78, 5) is 0. The molecule has 4 nitrogen and oxygen atoms in total. The second-order valence-corrected chi connectivity index (χ2v) is 5.99. The summed E-state index contributed by atoms with van der Waals surface area (Å²) in [6.45, 7) is 1.87. The highest BCUT2D eigenvalue weighted by Gasteiger charge is 2.09. The first kappa shape index (κ1) is 11.8. The van der Waals surface area contributed by atoms with Gasteiger partial charge in [0.15, 0.2) is 5.75 Å². The first-order chi connectivity index (χ1) is 7.56. The fourth-order valence-electron chi connectivity index (χ4n) is 1.12. The molecule has 0 unspecified atom stereocenters. The average Bonchev–Trinajstić information content (AvgIpc) is 2.60. The van der Waals surface area contributed by atoms with Gasteiger partial charge in [-0.3, -0.25) is 0 Å². The van der Waals surface area contributed by atoms with Crippen LogP contribution in [-0.2, 0) is 0 Å². The molecule has 0 aliphatic heterocycles. The fourth-order valence-corrected chi connectivity index (χ4v) is 2.95. The first-order valence-corrected chi connectivity index (χ1v) is 6.71. The third-order valence-corrected chi connectivity index (χ3v) is 3.61. The van der Waals surface area contributed by atoms with Crippen molar-refractivity contribution in [2.75, 3.05) is 5.32 Å². The molecule has 0 saturated heterocycles. The highest BCUT2D eigenvalue weighted by atomic mass is 79.9. The Bertz CT molecular complexity index is 529. The van der Waals surface area contributed by atoms with Crippen molar-refractivity contribution in [3.8, 4) is 5.75 Å². The van der Waals surface area contributed by atoms with E-state index < -0.39 is 0 Å². The van der Waals surface area contributed by atoms with Gasteiger partial charge in [-0.15, -0.1) is 10.2 Å². The highest BCUT2D eigenvalue weighted by Crippen LogP contribution is 2.37. The number of rotatable bonds is 2. The van der Waals surface area contributed by atoms with Crippen molar-refractivity contribution in [3.05, 3.63) is 26.1 Å². The van der Waals surface area contributed by atoms with Crippen LogP contribution in [0.15, 0.2) is 21.1 Å². The normalized spacial score (nSPS) is 10.4. The van der Waals surface area contributed by atoms with Crippen LogP contribution < -0.4 is 5.32 Å². The third-order valence-electron chi connectivity index (χ3n) is 1.80. The van der Waals surface area contributed by atoms with Crippen molar-refractivity contribution < 1.29 is 5.11 Å². The van der Waals surface area contributed by atoms with Crippen LogP contribution >= 0.6 is 43.2 Å². The Hall–Kier alpha value is -0.660. The molecule has 1 aromatic carbocycles. The first-order valence-electron chi connectivity index (χ1n) is 4.31. The van der Waals surface area contributed by atoms with Gasteiger partial charge in [0.1, 0.15) is 5.01 Å². The van der Waals surface area contributed by atoms with Crippen molar-refractivity contribution >= 4 is 54.0 Å². The molecule has 2 aromatic rings. The van der Waals surface area contributed by atoms with Crippen LogP contribution in [0.5, 0.6) is 5.75 Å². The van der Waals surface area contributed by atoms with Crippen LogP contribution in [0.25, 0.3) is 0 Å². The lowest BCUT2D eigenvalue weighted by Crippen LogP contribution is -1.90. The maximum Gasteiger partial charge on any atom is 0.210 e. The molecule has 2 N–H and O–H groups in total. The van der Waals surface area contributed by atoms with E-state index in [9.17, 15) is 5.11 Å². The molecule has 0 spiro atoms. The van der Waals surface area contributed by atoms with Gasteiger partial charge in [-0.05, 0) is 35.0 Å². The second-order valence-electron chi connectivity index (χ2n) is 3.04. The summed E-state index contributed by atoms with van der Waals surface area (Å²) in [6.07, 6.45) is 0. The topological polar surface area (TPSA) is 58.0 Å². The predicted octanol–water partition coefficient (Wildman–Crippen LogP) is 3.82. The number of aromatic nitrogens is 2. The van der Waals surface area contributed by atoms with E-state index in [2.05, 4.69) is 47.4 Å². The summed E-state index contributed by atoms with van der Waals surface area (Å²) < 4.78 is 1.48. The summed E-state index contributed by atoms with van der Waals surface area (Å²) in [6, 6.07) is 3.54. The molecule has 0 radical (unpaired) electrons. The molecule has 84 valence electrons. The summed E-state index contributed by atoms with van der Waals surface area (Å²) in [5.74, 6) is 0.149. The molecule has 2 rings (SSSR count). The van der Waals surface area contributed by atoms with Gasteiger partial charge < -0.3 is 10.4 Å². The Kier molecular flexibility index (Phi) is 3.46. The lowest BCUT2D eigenvalue weighted by molar-refractivity contribution is 0.474. The van der Waals surface area contributed by atoms with Gasteiger partial charge in [0.2, 0.25) is 5.13 Å². The number of phenols is 1. The predicted molar refractivity (Wildman–Crippen MR) is 71.4 cm³/mol. The van der Waals surface area contributed by atoms with Crippen LogP contribution in [0.1, 0.15) is 5.01 Å². The van der Waals surface area contributed by atoms with E-state index in [1.807, 2.05) is 6.92 Å². The number of anilines is 2. The Morgan fingerprint density at radius 2 is 2.06 bits per heavy atom. The van der Waals surface area contributed by atoms with Crippen molar-refractivity contribution in [2.24, 2.45) is 0 Å². The summed E-state index contributed by atoms with van der Waals surface area (Å²) in [5.41, 5.74) is 0.581. The number of hydrogen-bond acceptors (Lipinski definition) is 5. The van der Waals surface area contributed by atoms with E-state index in [1.165, 1.54) is 11.3 Å². The largest absolute Gasteiger partial charge is 0.505 e. The second kappa shape index (κ2) is 4.68. The summed E-state index contributed by atoms with van der Waals surface area (Å²) in [5, 5.41) is 22.2. The minimum atomic E-state index is 0.149. The molecule has 0 aliphatic carbocycles. The minimum Gasteiger partial charge on any atom is -0.505 e. The Morgan fingerprint density at radius 3 is 2.69 bits per heavy atom. The molecule has 7 heteroatoms. The fraction of sp³-hybridized carbons (Fsp3) is 0.111. The Labute approximate surface area is 113 Å². The van der Waals surface area contributed by atoms with Gasteiger partial charge in [-0.25, -0.2) is 0 Å². The van der Waals surface area contributed by atoms with Crippen molar-refractivity contribution in [2.45, 2.75) is 6.92 Å². The van der Waals surface area contributed by atoms with E-state index in [-0.39, 0.29) is 5.75 Å². The number of benzene rings is 1. The highest BCUT2D eigenvalue weighted by molar-refractivity contribution is 9.11. The quantitative estimate of drug-likeness (QED) is 0.795. The Balaban J connectivity index is 2.34. The van der Waals surface area contributed by atoms with Crippen LogP contribution in [-0.4, -0.2) is 15.3 Å². The van der Waals surface area contributed by atoms with Gasteiger partial charge in [0.25, 0.3) is 0 Å². The standard InChI is InChI=1S/C9H7Br2N3OS/c1-4-13-14-9(16-4)12-7-3-5(10)2-6(11)8(7)15/h2-3,15H,1H3,(H,12,14). The third kappa shape index (κ3) is 2.53. The zero-order chi connectivity index (χ0) is 11.7. The molecule has 1 aromatic heterocycles. The number of aromatic hydroxyl groups is 1. The number of nitrogens with one attached hydrogen (secondary N) is 1. The van der Waals surface area contributed by atoms with E-state index in [0.29, 0.717) is 15.3 Å². The van der Waals surface area contributed by atoms with Crippen LogP contribution in [0.4, 0.5) is 10.8 Å². The lowest BCUT2D eigenvalue weighted by Gasteiger charge is -2.07. The molecular formula is C9H7Br2N3OS. The molecule has 0 saturated carbocycles. The number of aryl methyl sites for hydroxylation is 1. The maximum atomic E-state index is 9.82. The van der Waals surface area contributed by atoms with Gasteiger partial charge in [0.05, 0.1) is 10.2 Å². The summed E-state index contributed by atoms with van der Waals surface area (Å²) in [7, 11) is 0. The Morgan fingerprint density at radius 1 is 1.31 bits per heavy atom. The van der Waals surface area contributed by atoms with Crippen LogP contribution in [0.2, 0.25) is 0 Å². The molecule has 0 atom stereocenters. The number of phenolic OH excluding ortho intramolecular Hbond substituents is 1. The van der Waals surface area contributed by atoms with Crippen molar-refractivity contribution in [1.29, 1.82) is 0 Å².